The Labute approximate surface area is 288 Å². The maximum atomic E-state index is 12.6. The van der Waals surface area contributed by atoms with Crippen LogP contribution < -0.4 is 10.6 Å². The second-order valence-corrected chi connectivity index (χ2v) is 16.9. The van der Waals surface area contributed by atoms with Gasteiger partial charge in [-0.3, -0.25) is 9.59 Å². The molecule has 6 N–H and O–H groups in total. The minimum atomic E-state index is -0.565. The molecule has 2 aromatic rings. The number of benzene rings is 2. The van der Waals surface area contributed by atoms with Crippen LogP contribution in [0.4, 0.5) is 0 Å². The first-order chi connectivity index (χ1) is 21.8. The van der Waals surface area contributed by atoms with E-state index >= 15 is 0 Å². The molecule has 0 fully saturated rings. The van der Waals surface area contributed by atoms with Crippen molar-refractivity contribution in [2.24, 2.45) is 0 Å². The summed E-state index contributed by atoms with van der Waals surface area (Å²) >= 11 is 0. The molecule has 48 heavy (non-hydrogen) atoms. The molecule has 0 heterocycles. The van der Waals surface area contributed by atoms with E-state index in [-0.39, 0.29) is 33.2 Å². The summed E-state index contributed by atoms with van der Waals surface area (Å²) in [4.78, 5) is 25.1. The molecule has 2 rings (SSSR count). The lowest BCUT2D eigenvalue weighted by Crippen LogP contribution is -2.26. The molecule has 0 unspecified atom stereocenters. The quantitative estimate of drug-likeness (QED) is 0.0808. The van der Waals surface area contributed by atoms with Gasteiger partial charge >= 0.3 is 0 Å². The molecule has 8 nitrogen and oxygen atoms in total. The molecule has 0 bridgehead atoms. The maximum Gasteiger partial charge on any atom is 0.286 e. The molecule has 0 saturated heterocycles. The summed E-state index contributed by atoms with van der Waals surface area (Å²) in [6.07, 6.45) is 5.88. The summed E-state index contributed by atoms with van der Waals surface area (Å²) in [6.45, 7) is 24.9. The lowest BCUT2D eigenvalue weighted by atomic mass is 9.78. The standard InChI is InChI=1S/C40H60N2O6/c1-37(2,3)27-19-25(20-28(33(27)45)38(4,5)6)23-31(43)35(47)41-17-15-13-14-16-18-42-36(48)32(44)24-26-21-29(39(7,8)9)34(46)30(22-26)40(10,11)12/h19-24,43-46H,13-18H2,1-12H3,(H,41,47)(H,42,48). The predicted molar refractivity (Wildman–Crippen MR) is 197 cm³/mol. The highest BCUT2D eigenvalue weighted by Crippen LogP contribution is 2.41. The first-order valence-corrected chi connectivity index (χ1v) is 17.0. The number of carbonyl (C=O) groups is 2. The van der Waals surface area contributed by atoms with Crippen molar-refractivity contribution in [1.29, 1.82) is 0 Å². The summed E-state index contributed by atoms with van der Waals surface area (Å²) in [6, 6.07) is 7.23. The lowest BCUT2D eigenvalue weighted by molar-refractivity contribution is -0.120. The van der Waals surface area contributed by atoms with E-state index in [0.717, 1.165) is 35.1 Å². The van der Waals surface area contributed by atoms with E-state index in [4.69, 9.17) is 0 Å². The van der Waals surface area contributed by atoms with Gasteiger partial charge in [-0.2, -0.15) is 0 Å². The maximum absolute atomic E-state index is 12.6. The Kier molecular flexibility index (Phi) is 13.0. The monoisotopic (exact) mass is 664 g/mol. The van der Waals surface area contributed by atoms with E-state index in [1.165, 1.54) is 12.2 Å². The molecular weight excluding hydrogens is 604 g/mol. The van der Waals surface area contributed by atoms with Crippen LogP contribution >= 0.6 is 0 Å². The van der Waals surface area contributed by atoms with E-state index < -0.39 is 23.3 Å². The van der Waals surface area contributed by atoms with E-state index in [9.17, 15) is 30.0 Å². The van der Waals surface area contributed by atoms with Crippen LogP contribution in [0.5, 0.6) is 11.5 Å². The van der Waals surface area contributed by atoms with Gasteiger partial charge in [0.05, 0.1) is 0 Å². The molecule has 8 heteroatoms. The zero-order chi connectivity index (χ0) is 36.8. The van der Waals surface area contributed by atoms with E-state index in [1.54, 1.807) is 24.3 Å². The molecule has 0 saturated carbocycles. The molecule has 2 amide bonds. The van der Waals surface area contributed by atoms with Crippen molar-refractivity contribution in [2.45, 2.75) is 130 Å². The SMILES string of the molecule is CC(C)(C)c1cc(C=C(O)C(=O)NCCCCCCNC(=O)C(O)=Cc2cc(C(C)(C)C)c(O)c(C(C)(C)C)c2)cc(C(C)(C)C)c1O. The number of aliphatic hydroxyl groups is 2. The van der Waals surface area contributed by atoms with Crippen LogP contribution in [0.2, 0.25) is 0 Å². The average Bonchev–Trinajstić information content (AvgIpc) is 2.93. The molecule has 0 atom stereocenters. The van der Waals surface area contributed by atoms with Gasteiger partial charge in [-0.1, -0.05) is 95.9 Å². The summed E-state index contributed by atoms with van der Waals surface area (Å²) < 4.78 is 0. The van der Waals surface area contributed by atoms with Crippen LogP contribution in [0.1, 0.15) is 142 Å². The van der Waals surface area contributed by atoms with Gasteiger partial charge in [0.25, 0.3) is 11.8 Å². The number of amides is 2. The van der Waals surface area contributed by atoms with E-state index in [0.29, 0.717) is 37.1 Å². The van der Waals surface area contributed by atoms with Crippen molar-refractivity contribution in [3.8, 4) is 11.5 Å². The van der Waals surface area contributed by atoms with Gasteiger partial charge in [0.15, 0.2) is 11.5 Å². The Bertz CT molecular complexity index is 1340. The van der Waals surface area contributed by atoms with Gasteiger partial charge in [-0.05, 0) is 82.0 Å². The van der Waals surface area contributed by atoms with Crippen LogP contribution in [0.25, 0.3) is 12.2 Å². The van der Waals surface area contributed by atoms with E-state index in [2.05, 4.69) is 10.6 Å². The van der Waals surface area contributed by atoms with Crippen LogP contribution in [0.15, 0.2) is 35.8 Å². The third-order valence-corrected chi connectivity index (χ3v) is 8.24. The number of aromatic hydroxyl groups is 2. The number of nitrogens with one attached hydrogen (secondary N) is 2. The van der Waals surface area contributed by atoms with Crippen LogP contribution in [-0.2, 0) is 31.2 Å². The molecule has 266 valence electrons. The number of rotatable bonds is 11. The third kappa shape index (κ3) is 11.3. The molecule has 0 aromatic heterocycles. The molecular formula is C40H60N2O6. The zero-order valence-electron chi connectivity index (χ0n) is 31.3. The Morgan fingerprint density at radius 2 is 0.771 bits per heavy atom. The zero-order valence-corrected chi connectivity index (χ0v) is 31.3. The number of carbonyl (C=O) groups excluding carboxylic acids is 2. The minimum absolute atomic E-state index is 0.238. The molecule has 0 aliphatic carbocycles. The van der Waals surface area contributed by atoms with Crippen molar-refractivity contribution in [3.63, 3.8) is 0 Å². The fourth-order valence-electron chi connectivity index (χ4n) is 5.40. The fraction of sp³-hybridized carbons (Fsp3) is 0.550. The highest BCUT2D eigenvalue weighted by Gasteiger charge is 2.28. The number of aliphatic hydroxyl groups excluding tert-OH is 2. The predicted octanol–water partition coefficient (Wildman–Crippen LogP) is 8.58. The first kappa shape index (κ1) is 40.2. The third-order valence-electron chi connectivity index (χ3n) is 8.24. The Morgan fingerprint density at radius 3 is 1.00 bits per heavy atom. The Morgan fingerprint density at radius 1 is 0.521 bits per heavy atom. The van der Waals surface area contributed by atoms with Gasteiger partial charge in [0, 0.05) is 35.3 Å². The molecule has 0 aliphatic heterocycles. The second-order valence-electron chi connectivity index (χ2n) is 16.9. The fourth-order valence-corrected chi connectivity index (χ4v) is 5.40. The van der Waals surface area contributed by atoms with Crippen molar-refractivity contribution in [3.05, 3.63) is 69.2 Å². The van der Waals surface area contributed by atoms with E-state index in [1.807, 2.05) is 83.1 Å². The largest absolute Gasteiger partial charge is 0.507 e. The highest BCUT2D eigenvalue weighted by molar-refractivity contribution is 5.96. The summed E-state index contributed by atoms with van der Waals surface area (Å²) in [5.41, 5.74) is 2.98. The van der Waals surface area contributed by atoms with Gasteiger partial charge in [0.2, 0.25) is 0 Å². The van der Waals surface area contributed by atoms with Crippen molar-refractivity contribution in [2.75, 3.05) is 13.1 Å². The molecule has 0 aliphatic rings. The summed E-state index contributed by atoms with van der Waals surface area (Å²) in [5.74, 6) is -1.44. The second kappa shape index (κ2) is 15.5. The first-order valence-electron chi connectivity index (χ1n) is 17.0. The average molecular weight is 665 g/mol. The molecule has 0 spiro atoms. The number of unbranched alkanes of at least 4 members (excludes halogenated alkanes) is 3. The Balaban J connectivity index is 1.88. The Hall–Kier alpha value is -3.94. The number of hydrogen-bond acceptors (Lipinski definition) is 6. The minimum Gasteiger partial charge on any atom is -0.507 e. The van der Waals surface area contributed by atoms with Gasteiger partial charge in [-0.15, -0.1) is 0 Å². The van der Waals surface area contributed by atoms with Crippen LogP contribution in [0.3, 0.4) is 0 Å². The van der Waals surface area contributed by atoms with Crippen LogP contribution in [-0.4, -0.2) is 45.3 Å². The van der Waals surface area contributed by atoms with Crippen molar-refractivity contribution in [1.82, 2.24) is 10.6 Å². The molecule has 2 aromatic carbocycles. The normalized spacial score (nSPS) is 13.4. The highest BCUT2D eigenvalue weighted by atomic mass is 16.3. The van der Waals surface area contributed by atoms with Crippen molar-refractivity contribution >= 4 is 24.0 Å². The number of phenolic OH excluding ortho intramolecular Hbond substituents is 2. The summed E-state index contributed by atoms with van der Waals surface area (Å²) in [7, 11) is 0. The van der Waals surface area contributed by atoms with Gasteiger partial charge < -0.3 is 31.1 Å². The number of phenols is 2. The lowest BCUT2D eigenvalue weighted by Gasteiger charge is -2.28. The molecule has 0 radical (unpaired) electrons. The summed E-state index contributed by atoms with van der Waals surface area (Å²) in [5, 5.41) is 48.4. The number of hydrogen-bond donors (Lipinski definition) is 6. The van der Waals surface area contributed by atoms with Gasteiger partial charge in [0.1, 0.15) is 11.5 Å². The smallest absolute Gasteiger partial charge is 0.286 e. The topological polar surface area (TPSA) is 139 Å². The van der Waals surface area contributed by atoms with Gasteiger partial charge in [-0.25, -0.2) is 0 Å². The van der Waals surface area contributed by atoms with Crippen molar-refractivity contribution < 1.29 is 30.0 Å². The van der Waals surface area contributed by atoms with Crippen LogP contribution in [0, 0.1) is 0 Å².